The van der Waals surface area contributed by atoms with E-state index in [9.17, 15) is 0 Å². The lowest BCUT2D eigenvalue weighted by molar-refractivity contribution is 0.0254. The number of ether oxygens (including phenoxy) is 1. The maximum Gasteiger partial charge on any atom is 0.120 e. The highest BCUT2D eigenvalue weighted by Crippen LogP contribution is 2.32. The van der Waals surface area contributed by atoms with Gasteiger partial charge in [-0.05, 0) is 56.4 Å². The Morgan fingerprint density at radius 3 is 2.19 bits per heavy atom. The van der Waals surface area contributed by atoms with Crippen LogP contribution in [0.25, 0.3) is 0 Å². The fourth-order valence-corrected chi connectivity index (χ4v) is 3.67. The summed E-state index contributed by atoms with van der Waals surface area (Å²) in [5, 5.41) is 12.5. The quantitative estimate of drug-likeness (QED) is 0.639. The van der Waals surface area contributed by atoms with E-state index < -0.39 is 0 Å². The van der Waals surface area contributed by atoms with Crippen molar-refractivity contribution in [2.45, 2.75) is 64.4 Å². The number of hydrogen-bond donors (Lipinski definition) is 1. The number of nitrogens with one attached hydrogen (secondary N) is 1. The third kappa shape index (κ3) is 6.63. The van der Waals surface area contributed by atoms with Gasteiger partial charge < -0.3 is 15.0 Å². The van der Waals surface area contributed by atoms with E-state index in [0.717, 1.165) is 57.7 Å². The molecule has 1 heterocycles. The fourth-order valence-electron chi connectivity index (χ4n) is 3.67. The predicted octanol–water partition coefficient (Wildman–Crippen LogP) is 4.35. The Morgan fingerprint density at radius 2 is 1.65 bits per heavy atom. The lowest BCUT2D eigenvalue weighted by Crippen LogP contribution is -2.47. The molecule has 0 amide bonds. The average molecular weight is 358 g/mol. The molecule has 0 atom stereocenters. The molecule has 1 aliphatic rings. The molecular formula is C22H35N3O. The summed E-state index contributed by atoms with van der Waals surface area (Å²) >= 11 is 0. The highest BCUT2D eigenvalue weighted by Gasteiger charge is 2.32. The van der Waals surface area contributed by atoms with E-state index in [0.29, 0.717) is 5.56 Å². The Kier molecular flexibility index (Phi) is 8.94. The molecule has 1 aromatic carbocycles. The number of nitrogens with zero attached hydrogens (tertiary/aromatic N) is 2. The Morgan fingerprint density at radius 1 is 1.04 bits per heavy atom. The molecule has 1 fully saturated rings. The summed E-state index contributed by atoms with van der Waals surface area (Å²) in [7, 11) is 0. The lowest BCUT2D eigenvalue weighted by atomic mass is 9.87. The number of hydrogen-bond acceptors (Lipinski definition) is 4. The Balaban J connectivity index is 2.10. The van der Waals surface area contributed by atoms with Gasteiger partial charge in [-0.3, -0.25) is 0 Å². The molecule has 1 aliphatic heterocycles. The van der Waals surface area contributed by atoms with Crippen LogP contribution in [-0.2, 0) is 0 Å². The van der Waals surface area contributed by atoms with Crippen molar-refractivity contribution in [3.63, 3.8) is 0 Å². The van der Waals surface area contributed by atoms with Crippen LogP contribution in [0.4, 0.5) is 0 Å². The molecule has 0 bridgehead atoms. The summed E-state index contributed by atoms with van der Waals surface area (Å²) in [5.41, 5.74) is 0.594. The van der Waals surface area contributed by atoms with Crippen LogP contribution in [0.2, 0.25) is 0 Å². The third-order valence-electron chi connectivity index (χ3n) is 5.38. The Labute approximate surface area is 159 Å². The summed E-state index contributed by atoms with van der Waals surface area (Å²) in [6.07, 6.45) is 8.07. The lowest BCUT2D eigenvalue weighted by Gasteiger charge is -2.38. The van der Waals surface area contributed by atoms with Crippen LogP contribution in [0.3, 0.4) is 0 Å². The number of nitriles is 1. The first-order valence-electron chi connectivity index (χ1n) is 10.3. The Hall–Kier alpha value is -1.57. The van der Waals surface area contributed by atoms with Crippen molar-refractivity contribution < 1.29 is 4.74 Å². The zero-order valence-electron chi connectivity index (χ0n) is 16.6. The van der Waals surface area contributed by atoms with Crippen LogP contribution in [0.1, 0.15) is 64.4 Å². The van der Waals surface area contributed by atoms with E-state index in [1.807, 2.05) is 24.3 Å². The molecule has 1 aromatic rings. The maximum absolute atomic E-state index is 9.02. The second-order valence-electron chi connectivity index (χ2n) is 7.47. The molecule has 26 heavy (non-hydrogen) atoms. The van der Waals surface area contributed by atoms with Gasteiger partial charge in [0.15, 0.2) is 0 Å². The zero-order valence-corrected chi connectivity index (χ0v) is 16.6. The minimum atomic E-state index is -0.0922. The predicted molar refractivity (Wildman–Crippen MR) is 107 cm³/mol. The topological polar surface area (TPSA) is 48.3 Å². The summed E-state index contributed by atoms with van der Waals surface area (Å²) in [6, 6.07) is 9.81. The molecule has 2 rings (SSSR count). The van der Waals surface area contributed by atoms with Crippen molar-refractivity contribution in [2.75, 3.05) is 32.7 Å². The SMILES string of the molecule is CCCCC(CCCC)(CCN1CCNCC1)Oc1ccc(C#N)cc1. The Bertz CT molecular complexity index is 536. The molecule has 144 valence electrons. The number of unbranched alkanes of at least 4 members (excludes halogenated alkanes) is 2. The molecule has 4 heteroatoms. The van der Waals surface area contributed by atoms with Gasteiger partial charge in [0, 0.05) is 32.7 Å². The maximum atomic E-state index is 9.02. The third-order valence-corrected chi connectivity index (χ3v) is 5.38. The van der Waals surface area contributed by atoms with Crippen molar-refractivity contribution in [3.8, 4) is 11.8 Å². The first-order valence-corrected chi connectivity index (χ1v) is 10.3. The van der Waals surface area contributed by atoms with Crippen LogP contribution in [0.5, 0.6) is 5.75 Å². The van der Waals surface area contributed by atoms with Gasteiger partial charge in [-0.2, -0.15) is 5.26 Å². The molecule has 0 spiro atoms. The monoisotopic (exact) mass is 357 g/mol. The van der Waals surface area contributed by atoms with E-state index in [4.69, 9.17) is 10.00 Å². The van der Waals surface area contributed by atoms with Gasteiger partial charge in [-0.25, -0.2) is 0 Å². The molecule has 0 aromatic heterocycles. The van der Waals surface area contributed by atoms with E-state index in [1.165, 1.54) is 25.7 Å². The fraction of sp³-hybridized carbons (Fsp3) is 0.682. The largest absolute Gasteiger partial charge is 0.487 e. The standard InChI is InChI=1S/C22H35N3O/c1-3-5-11-22(12-6-4-2,13-16-25-17-14-24-15-18-25)26-21-9-7-20(19-23)8-10-21/h7-10,24H,3-6,11-18H2,1-2H3. The second kappa shape index (κ2) is 11.2. The number of rotatable bonds is 11. The van der Waals surface area contributed by atoms with Crippen molar-refractivity contribution in [3.05, 3.63) is 29.8 Å². The molecule has 1 N–H and O–H groups in total. The molecule has 0 saturated carbocycles. The summed E-state index contributed by atoms with van der Waals surface area (Å²) in [4.78, 5) is 2.56. The second-order valence-corrected chi connectivity index (χ2v) is 7.47. The van der Waals surface area contributed by atoms with Crippen molar-refractivity contribution in [1.82, 2.24) is 10.2 Å². The molecule has 0 radical (unpaired) electrons. The van der Waals surface area contributed by atoms with E-state index >= 15 is 0 Å². The average Bonchev–Trinajstić information content (AvgIpc) is 2.70. The van der Waals surface area contributed by atoms with E-state index in [1.54, 1.807) is 0 Å². The smallest absolute Gasteiger partial charge is 0.120 e. The molecular weight excluding hydrogens is 322 g/mol. The van der Waals surface area contributed by atoms with Gasteiger partial charge >= 0.3 is 0 Å². The zero-order chi connectivity index (χ0) is 18.7. The van der Waals surface area contributed by atoms with Crippen molar-refractivity contribution in [2.24, 2.45) is 0 Å². The van der Waals surface area contributed by atoms with Gasteiger partial charge in [0.2, 0.25) is 0 Å². The highest BCUT2D eigenvalue weighted by atomic mass is 16.5. The molecule has 1 saturated heterocycles. The van der Waals surface area contributed by atoms with Crippen LogP contribution < -0.4 is 10.1 Å². The summed E-state index contributed by atoms with van der Waals surface area (Å²) in [5.74, 6) is 0.900. The van der Waals surface area contributed by atoms with E-state index in [-0.39, 0.29) is 5.60 Å². The molecule has 0 aliphatic carbocycles. The first-order chi connectivity index (χ1) is 12.7. The van der Waals surface area contributed by atoms with Crippen molar-refractivity contribution in [1.29, 1.82) is 5.26 Å². The van der Waals surface area contributed by atoms with Gasteiger partial charge in [-0.1, -0.05) is 26.7 Å². The summed E-state index contributed by atoms with van der Waals surface area (Å²) < 4.78 is 6.65. The number of benzene rings is 1. The first kappa shape index (κ1) is 20.7. The summed E-state index contributed by atoms with van der Waals surface area (Å²) in [6.45, 7) is 10.1. The van der Waals surface area contributed by atoms with Crippen molar-refractivity contribution >= 4 is 0 Å². The van der Waals surface area contributed by atoms with Gasteiger partial charge in [-0.15, -0.1) is 0 Å². The highest BCUT2D eigenvalue weighted by molar-refractivity contribution is 5.34. The van der Waals surface area contributed by atoms with Crippen LogP contribution >= 0.6 is 0 Å². The van der Waals surface area contributed by atoms with Gasteiger partial charge in [0.25, 0.3) is 0 Å². The minimum absolute atomic E-state index is 0.0922. The number of piperazine rings is 1. The molecule has 4 nitrogen and oxygen atoms in total. The van der Waals surface area contributed by atoms with Gasteiger partial charge in [0.05, 0.1) is 11.6 Å². The normalized spacial score (nSPS) is 15.6. The minimum Gasteiger partial charge on any atom is -0.487 e. The van der Waals surface area contributed by atoms with Crippen LogP contribution in [0.15, 0.2) is 24.3 Å². The van der Waals surface area contributed by atoms with Gasteiger partial charge in [0.1, 0.15) is 11.4 Å². The van der Waals surface area contributed by atoms with E-state index in [2.05, 4.69) is 30.1 Å². The van der Waals surface area contributed by atoms with Crippen LogP contribution in [0, 0.1) is 11.3 Å². The molecule has 0 unspecified atom stereocenters. The van der Waals surface area contributed by atoms with Crippen LogP contribution in [-0.4, -0.2) is 43.2 Å².